The minimum Gasteiger partial charge on any atom is -0.462 e. The molecule has 0 aromatic rings. The molecule has 0 saturated heterocycles. The molecule has 0 bridgehead atoms. The average molecular weight is 221 g/mol. The minimum atomic E-state index is -1.12. The van der Waals surface area contributed by atoms with E-state index in [2.05, 4.69) is 0 Å². The van der Waals surface area contributed by atoms with Crippen LogP contribution in [0.2, 0.25) is 0 Å². The maximum absolute atomic E-state index is 10.9. The molecule has 1 atom stereocenters. The first-order valence-electron chi connectivity index (χ1n) is 4.90. The van der Waals surface area contributed by atoms with Crippen LogP contribution in [0, 0.1) is 0 Å². The zero-order chi connectivity index (χ0) is 11.7. The van der Waals surface area contributed by atoms with Crippen molar-refractivity contribution in [3.63, 3.8) is 0 Å². The topological polar surface area (TPSA) is 90.2 Å². The first kappa shape index (κ1) is 14.3. The number of hydrogen-bond donors (Lipinski definition) is 3. The molecule has 15 heavy (non-hydrogen) atoms. The van der Waals surface area contributed by atoms with Gasteiger partial charge in [-0.05, 0) is 6.92 Å². The van der Waals surface area contributed by atoms with Crippen LogP contribution in [0.5, 0.6) is 0 Å². The fourth-order valence-corrected chi connectivity index (χ4v) is 1.01. The summed E-state index contributed by atoms with van der Waals surface area (Å²) >= 11 is 0. The molecule has 0 aliphatic rings. The SMILES string of the molecule is CC(O)C(=O)OCCN(CCO)CCO. The van der Waals surface area contributed by atoms with E-state index in [0.717, 1.165) is 0 Å². The van der Waals surface area contributed by atoms with E-state index in [0.29, 0.717) is 19.6 Å². The third-order valence-corrected chi connectivity index (χ3v) is 1.83. The lowest BCUT2D eigenvalue weighted by Crippen LogP contribution is -2.34. The van der Waals surface area contributed by atoms with Crippen LogP contribution in [-0.4, -0.2) is 71.7 Å². The molecule has 3 N–H and O–H groups in total. The van der Waals surface area contributed by atoms with Gasteiger partial charge in [-0.1, -0.05) is 0 Å². The lowest BCUT2D eigenvalue weighted by Gasteiger charge is -2.19. The Kier molecular flexibility index (Phi) is 8.21. The van der Waals surface area contributed by atoms with E-state index in [1.165, 1.54) is 6.92 Å². The van der Waals surface area contributed by atoms with E-state index >= 15 is 0 Å². The third kappa shape index (κ3) is 7.26. The highest BCUT2D eigenvalue weighted by Gasteiger charge is 2.10. The number of carbonyl (C=O) groups is 1. The monoisotopic (exact) mass is 221 g/mol. The Balaban J connectivity index is 3.65. The summed E-state index contributed by atoms with van der Waals surface area (Å²) in [6.45, 7) is 2.74. The highest BCUT2D eigenvalue weighted by molar-refractivity contribution is 5.73. The molecule has 0 fully saturated rings. The summed E-state index contributed by atoms with van der Waals surface area (Å²) in [5, 5.41) is 26.2. The number of aliphatic hydroxyl groups excluding tert-OH is 3. The molecule has 6 nitrogen and oxygen atoms in total. The Morgan fingerprint density at radius 1 is 1.27 bits per heavy atom. The smallest absolute Gasteiger partial charge is 0.334 e. The molecule has 0 saturated carbocycles. The van der Waals surface area contributed by atoms with Crippen molar-refractivity contribution in [2.24, 2.45) is 0 Å². The van der Waals surface area contributed by atoms with Crippen molar-refractivity contribution in [2.75, 3.05) is 39.5 Å². The summed E-state index contributed by atoms with van der Waals surface area (Å²) in [5.41, 5.74) is 0. The fourth-order valence-electron chi connectivity index (χ4n) is 1.01. The summed E-state index contributed by atoms with van der Waals surface area (Å²) in [6.07, 6.45) is -1.12. The van der Waals surface area contributed by atoms with Crippen LogP contribution < -0.4 is 0 Å². The number of nitrogens with zero attached hydrogens (tertiary/aromatic N) is 1. The average Bonchev–Trinajstić information content (AvgIpc) is 2.18. The minimum absolute atomic E-state index is 0.00957. The second-order valence-electron chi connectivity index (χ2n) is 3.13. The summed E-state index contributed by atoms with van der Waals surface area (Å²) in [7, 11) is 0. The number of rotatable bonds is 8. The van der Waals surface area contributed by atoms with Gasteiger partial charge in [-0.2, -0.15) is 0 Å². The summed E-state index contributed by atoms with van der Waals surface area (Å²) in [4.78, 5) is 12.6. The molecule has 90 valence electrons. The van der Waals surface area contributed by atoms with Gasteiger partial charge in [-0.15, -0.1) is 0 Å². The van der Waals surface area contributed by atoms with Crippen LogP contribution in [0.1, 0.15) is 6.92 Å². The van der Waals surface area contributed by atoms with E-state index < -0.39 is 12.1 Å². The van der Waals surface area contributed by atoms with Gasteiger partial charge in [-0.25, -0.2) is 4.79 Å². The zero-order valence-electron chi connectivity index (χ0n) is 8.93. The van der Waals surface area contributed by atoms with E-state index in [9.17, 15) is 4.79 Å². The second-order valence-corrected chi connectivity index (χ2v) is 3.13. The van der Waals surface area contributed by atoms with Crippen LogP contribution >= 0.6 is 0 Å². The predicted octanol–water partition coefficient (Wildman–Crippen LogP) is -1.80. The van der Waals surface area contributed by atoms with Gasteiger partial charge in [0.05, 0.1) is 13.2 Å². The number of hydrogen-bond acceptors (Lipinski definition) is 6. The molecular weight excluding hydrogens is 202 g/mol. The Hall–Kier alpha value is -0.690. The van der Waals surface area contributed by atoms with Crippen molar-refractivity contribution in [1.82, 2.24) is 4.90 Å². The number of carbonyl (C=O) groups excluding carboxylic acids is 1. The zero-order valence-corrected chi connectivity index (χ0v) is 8.93. The maximum Gasteiger partial charge on any atom is 0.334 e. The van der Waals surface area contributed by atoms with Crippen LogP contribution in [0.15, 0.2) is 0 Å². The van der Waals surface area contributed by atoms with Crippen molar-refractivity contribution >= 4 is 5.97 Å². The van der Waals surface area contributed by atoms with Crippen molar-refractivity contribution in [3.8, 4) is 0 Å². The molecule has 6 heteroatoms. The van der Waals surface area contributed by atoms with E-state index in [-0.39, 0.29) is 19.8 Å². The van der Waals surface area contributed by atoms with Crippen molar-refractivity contribution in [2.45, 2.75) is 13.0 Å². The molecule has 0 heterocycles. The molecule has 0 aliphatic heterocycles. The molecule has 1 unspecified atom stereocenters. The molecule has 0 radical (unpaired) electrons. The first-order valence-corrected chi connectivity index (χ1v) is 4.90. The Labute approximate surface area is 89.1 Å². The van der Waals surface area contributed by atoms with Gasteiger partial charge < -0.3 is 20.1 Å². The van der Waals surface area contributed by atoms with E-state index in [4.69, 9.17) is 20.1 Å². The fraction of sp³-hybridized carbons (Fsp3) is 0.889. The molecular formula is C9H19NO5. The van der Waals surface area contributed by atoms with E-state index in [1.54, 1.807) is 4.90 Å². The third-order valence-electron chi connectivity index (χ3n) is 1.83. The van der Waals surface area contributed by atoms with Gasteiger partial charge in [0.15, 0.2) is 0 Å². The van der Waals surface area contributed by atoms with Crippen molar-refractivity contribution < 1.29 is 24.9 Å². The first-order chi connectivity index (χ1) is 7.11. The number of esters is 1. The normalized spacial score (nSPS) is 12.9. The van der Waals surface area contributed by atoms with Crippen LogP contribution in [0.25, 0.3) is 0 Å². The molecule has 0 aromatic carbocycles. The molecule has 0 amide bonds. The van der Waals surface area contributed by atoms with Crippen LogP contribution in [0.3, 0.4) is 0 Å². The van der Waals surface area contributed by atoms with Gasteiger partial charge in [-0.3, -0.25) is 4.90 Å². The van der Waals surface area contributed by atoms with Gasteiger partial charge in [0.1, 0.15) is 12.7 Å². The maximum atomic E-state index is 10.9. The Bertz CT molecular complexity index is 168. The van der Waals surface area contributed by atoms with Gasteiger partial charge in [0, 0.05) is 19.6 Å². The van der Waals surface area contributed by atoms with Crippen molar-refractivity contribution in [1.29, 1.82) is 0 Å². The van der Waals surface area contributed by atoms with E-state index in [1.807, 2.05) is 0 Å². The van der Waals surface area contributed by atoms with Gasteiger partial charge in [0.25, 0.3) is 0 Å². The number of ether oxygens (including phenoxy) is 1. The van der Waals surface area contributed by atoms with Crippen molar-refractivity contribution in [3.05, 3.63) is 0 Å². The van der Waals surface area contributed by atoms with Crippen LogP contribution in [0.4, 0.5) is 0 Å². The lowest BCUT2D eigenvalue weighted by atomic mass is 10.4. The Morgan fingerprint density at radius 2 is 1.80 bits per heavy atom. The molecule has 0 aromatic heterocycles. The van der Waals surface area contributed by atoms with Crippen LogP contribution in [-0.2, 0) is 9.53 Å². The second kappa shape index (κ2) is 8.60. The molecule has 0 aliphatic carbocycles. The molecule has 0 spiro atoms. The predicted molar refractivity (Wildman–Crippen MR) is 53.3 cm³/mol. The highest BCUT2D eigenvalue weighted by atomic mass is 16.5. The quantitative estimate of drug-likeness (QED) is 0.419. The van der Waals surface area contributed by atoms with Gasteiger partial charge in [0.2, 0.25) is 0 Å². The van der Waals surface area contributed by atoms with Gasteiger partial charge >= 0.3 is 5.97 Å². The summed E-state index contributed by atoms with van der Waals surface area (Å²) in [5.74, 6) is -0.664. The Morgan fingerprint density at radius 3 is 2.20 bits per heavy atom. The standard InChI is InChI=1S/C9H19NO5/c1-8(13)9(14)15-7-4-10(2-5-11)3-6-12/h8,11-13H,2-7H2,1H3. The summed E-state index contributed by atoms with van der Waals surface area (Å²) in [6, 6.07) is 0. The highest BCUT2D eigenvalue weighted by Crippen LogP contribution is 1.90. The molecule has 0 rings (SSSR count). The lowest BCUT2D eigenvalue weighted by molar-refractivity contribution is -0.152. The largest absolute Gasteiger partial charge is 0.462 e. The number of aliphatic hydroxyl groups is 3. The summed E-state index contributed by atoms with van der Waals surface area (Å²) < 4.78 is 4.73.